The average molecular weight is 182 g/mol. The van der Waals surface area contributed by atoms with E-state index in [2.05, 4.69) is 31.4 Å². The van der Waals surface area contributed by atoms with Crippen molar-refractivity contribution < 1.29 is 0 Å². The summed E-state index contributed by atoms with van der Waals surface area (Å²) in [6, 6.07) is 4.43. The lowest BCUT2D eigenvalue weighted by Gasteiger charge is -2.11. The summed E-state index contributed by atoms with van der Waals surface area (Å²) in [6.45, 7) is 4.56. The van der Waals surface area contributed by atoms with E-state index in [-0.39, 0.29) is 0 Å². The van der Waals surface area contributed by atoms with Crippen molar-refractivity contribution in [2.75, 3.05) is 0 Å². The molecule has 0 fully saturated rings. The molecular formula is C11H18S. The molecule has 1 rings (SSSR count). The molecule has 0 aliphatic carbocycles. The van der Waals surface area contributed by atoms with Crippen LogP contribution in [0.1, 0.15) is 50.3 Å². The quantitative estimate of drug-likeness (QED) is 0.632. The van der Waals surface area contributed by atoms with Crippen molar-refractivity contribution in [2.45, 2.75) is 45.4 Å². The van der Waals surface area contributed by atoms with E-state index in [1.165, 1.54) is 25.7 Å². The molecule has 1 unspecified atom stereocenters. The van der Waals surface area contributed by atoms with Crippen LogP contribution in [0.5, 0.6) is 0 Å². The Morgan fingerprint density at radius 1 is 1.42 bits per heavy atom. The Hall–Kier alpha value is -0.300. The molecule has 0 radical (unpaired) electrons. The van der Waals surface area contributed by atoms with Gasteiger partial charge in [0, 0.05) is 4.88 Å². The van der Waals surface area contributed by atoms with Crippen molar-refractivity contribution >= 4 is 11.3 Å². The first-order chi connectivity index (χ1) is 5.88. The van der Waals surface area contributed by atoms with Crippen LogP contribution >= 0.6 is 11.3 Å². The van der Waals surface area contributed by atoms with E-state index in [1.807, 2.05) is 11.3 Å². The zero-order valence-corrected chi connectivity index (χ0v) is 8.86. The molecule has 0 spiro atoms. The Balaban J connectivity index is 2.45. The maximum absolute atomic E-state index is 2.29. The van der Waals surface area contributed by atoms with E-state index < -0.39 is 0 Å². The van der Waals surface area contributed by atoms with Gasteiger partial charge in [0.05, 0.1) is 0 Å². The van der Waals surface area contributed by atoms with Crippen molar-refractivity contribution in [2.24, 2.45) is 0 Å². The highest BCUT2D eigenvalue weighted by Crippen LogP contribution is 2.28. The summed E-state index contributed by atoms with van der Waals surface area (Å²) in [5.41, 5.74) is 0. The van der Waals surface area contributed by atoms with Gasteiger partial charge in [0.2, 0.25) is 0 Å². The second-order valence-corrected chi connectivity index (χ2v) is 4.24. The van der Waals surface area contributed by atoms with Crippen molar-refractivity contribution in [1.82, 2.24) is 0 Å². The maximum Gasteiger partial charge on any atom is 0.00760 e. The van der Waals surface area contributed by atoms with E-state index >= 15 is 0 Å². The van der Waals surface area contributed by atoms with Crippen LogP contribution in [0.2, 0.25) is 0 Å². The molecule has 0 aliphatic heterocycles. The number of rotatable bonds is 5. The Kier molecular flexibility index (Phi) is 4.37. The van der Waals surface area contributed by atoms with Gasteiger partial charge >= 0.3 is 0 Å². The molecule has 12 heavy (non-hydrogen) atoms. The third kappa shape index (κ3) is 2.63. The summed E-state index contributed by atoms with van der Waals surface area (Å²) in [5, 5.41) is 2.18. The van der Waals surface area contributed by atoms with E-state index in [1.54, 1.807) is 4.88 Å². The molecule has 1 heteroatoms. The van der Waals surface area contributed by atoms with Gasteiger partial charge in [-0.15, -0.1) is 11.3 Å². The van der Waals surface area contributed by atoms with Crippen LogP contribution in [0.3, 0.4) is 0 Å². The second kappa shape index (κ2) is 5.36. The summed E-state index contributed by atoms with van der Waals surface area (Å²) in [5.74, 6) is 0.824. The molecule has 1 aromatic heterocycles. The lowest BCUT2D eigenvalue weighted by atomic mass is 9.98. The minimum atomic E-state index is 0.824. The first-order valence-corrected chi connectivity index (χ1v) is 5.79. The summed E-state index contributed by atoms with van der Waals surface area (Å²) in [4.78, 5) is 1.57. The van der Waals surface area contributed by atoms with Gasteiger partial charge in [0.25, 0.3) is 0 Å². The molecule has 0 nitrogen and oxygen atoms in total. The number of thiophene rings is 1. The largest absolute Gasteiger partial charge is 0.149 e. The van der Waals surface area contributed by atoms with Crippen LogP contribution in [0.15, 0.2) is 17.5 Å². The molecule has 0 amide bonds. The highest BCUT2D eigenvalue weighted by Gasteiger charge is 2.08. The Morgan fingerprint density at radius 3 is 2.75 bits per heavy atom. The number of hydrogen-bond donors (Lipinski definition) is 0. The molecular weight excluding hydrogens is 164 g/mol. The highest BCUT2D eigenvalue weighted by atomic mass is 32.1. The topological polar surface area (TPSA) is 0 Å². The number of hydrogen-bond acceptors (Lipinski definition) is 1. The summed E-state index contributed by atoms with van der Waals surface area (Å²) in [7, 11) is 0. The maximum atomic E-state index is 2.29. The van der Waals surface area contributed by atoms with Gasteiger partial charge < -0.3 is 0 Å². The first kappa shape index (κ1) is 9.79. The minimum Gasteiger partial charge on any atom is -0.149 e. The summed E-state index contributed by atoms with van der Waals surface area (Å²) in [6.07, 6.45) is 5.35. The van der Waals surface area contributed by atoms with Crippen LogP contribution in [-0.2, 0) is 0 Å². The van der Waals surface area contributed by atoms with Gasteiger partial charge in [-0.1, -0.05) is 32.8 Å². The van der Waals surface area contributed by atoms with Crippen LogP contribution in [-0.4, -0.2) is 0 Å². The van der Waals surface area contributed by atoms with Crippen molar-refractivity contribution in [1.29, 1.82) is 0 Å². The summed E-state index contributed by atoms with van der Waals surface area (Å²) < 4.78 is 0. The van der Waals surface area contributed by atoms with Gasteiger partial charge in [-0.25, -0.2) is 0 Å². The SMILES string of the molecule is CCCCC(CC)c1cccs1. The fourth-order valence-corrected chi connectivity index (χ4v) is 2.47. The third-order valence-electron chi connectivity index (χ3n) is 2.34. The fourth-order valence-electron chi connectivity index (χ4n) is 1.52. The highest BCUT2D eigenvalue weighted by molar-refractivity contribution is 7.10. The molecule has 0 bridgehead atoms. The molecule has 1 aromatic rings. The molecule has 0 N–H and O–H groups in total. The third-order valence-corrected chi connectivity index (χ3v) is 3.38. The normalized spacial score (nSPS) is 13.2. The molecule has 0 saturated heterocycles. The van der Waals surface area contributed by atoms with Crippen LogP contribution < -0.4 is 0 Å². The number of unbranched alkanes of at least 4 members (excludes halogenated alkanes) is 1. The van der Waals surface area contributed by atoms with E-state index in [0.717, 1.165) is 5.92 Å². The molecule has 0 aromatic carbocycles. The van der Waals surface area contributed by atoms with Crippen LogP contribution in [0.25, 0.3) is 0 Å². The van der Waals surface area contributed by atoms with Crippen molar-refractivity contribution in [3.8, 4) is 0 Å². The van der Waals surface area contributed by atoms with Crippen molar-refractivity contribution in [3.05, 3.63) is 22.4 Å². The van der Waals surface area contributed by atoms with Gasteiger partial charge in [-0.05, 0) is 30.2 Å². The van der Waals surface area contributed by atoms with Gasteiger partial charge in [0.1, 0.15) is 0 Å². The zero-order chi connectivity index (χ0) is 8.81. The Labute approximate surface area is 79.6 Å². The standard InChI is InChI=1S/C11H18S/c1-3-5-7-10(4-2)11-8-6-9-12-11/h6,8-10H,3-5,7H2,1-2H3. The molecule has 1 atom stereocenters. The van der Waals surface area contributed by atoms with E-state index in [9.17, 15) is 0 Å². The Morgan fingerprint density at radius 2 is 2.25 bits per heavy atom. The van der Waals surface area contributed by atoms with Crippen LogP contribution in [0.4, 0.5) is 0 Å². The first-order valence-electron chi connectivity index (χ1n) is 4.91. The smallest absolute Gasteiger partial charge is 0.00760 e. The molecule has 1 heterocycles. The molecule has 68 valence electrons. The lowest BCUT2D eigenvalue weighted by molar-refractivity contribution is 0.577. The Bertz CT molecular complexity index is 189. The van der Waals surface area contributed by atoms with E-state index in [4.69, 9.17) is 0 Å². The zero-order valence-electron chi connectivity index (χ0n) is 8.05. The van der Waals surface area contributed by atoms with Gasteiger partial charge in [0.15, 0.2) is 0 Å². The van der Waals surface area contributed by atoms with Gasteiger partial charge in [-0.2, -0.15) is 0 Å². The minimum absolute atomic E-state index is 0.824. The predicted octanol–water partition coefficient (Wildman–Crippen LogP) is 4.43. The van der Waals surface area contributed by atoms with Crippen LogP contribution in [0, 0.1) is 0 Å². The second-order valence-electron chi connectivity index (χ2n) is 3.26. The lowest BCUT2D eigenvalue weighted by Crippen LogP contribution is -1.93. The fraction of sp³-hybridized carbons (Fsp3) is 0.636. The summed E-state index contributed by atoms with van der Waals surface area (Å²) >= 11 is 1.91. The predicted molar refractivity (Wildman–Crippen MR) is 56.9 cm³/mol. The molecule has 0 aliphatic rings. The van der Waals surface area contributed by atoms with Crippen molar-refractivity contribution in [3.63, 3.8) is 0 Å². The molecule has 0 saturated carbocycles. The van der Waals surface area contributed by atoms with Gasteiger partial charge in [-0.3, -0.25) is 0 Å². The van der Waals surface area contributed by atoms with E-state index in [0.29, 0.717) is 0 Å². The average Bonchev–Trinajstić information content (AvgIpc) is 2.59. The monoisotopic (exact) mass is 182 g/mol.